The molecule has 0 aliphatic heterocycles. The van der Waals surface area contributed by atoms with Crippen LogP contribution in [0.1, 0.15) is 35.3 Å². The molecule has 0 bridgehead atoms. The van der Waals surface area contributed by atoms with Crippen LogP contribution in [0.5, 0.6) is 0 Å². The topological polar surface area (TPSA) is 77.5 Å². The number of hydrogen-bond acceptors (Lipinski definition) is 5. The van der Waals surface area contributed by atoms with E-state index in [0.29, 0.717) is 11.1 Å². The minimum Gasteiger partial charge on any atom is -0.465 e. The first kappa shape index (κ1) is 17.4. The number of rotatable bonds is 6. The van der Waals surface area contributed by atoms with E-state index in [-0.39, 0.29) is 6.61 Å². The fourth-order valence-corrected chi connectivity index (χ4v) is 2.99. The number of hydrogen-bond donors (Lipinski definition) is 0. The van der Waals surface area contributed by atoms with Crippen LogP contribution in [0.3, 0.4) is 0 Å². The second-order valence-electron chi connectivity index (χ2n) is 4.94. The average Bonchev–Trinajstić information content (AvgIpc) is 2.39. The summed E-state index contributed by atoms with van der Waals surface area (Å²) in [4.78, 5) is 23.7. The van der Waals surface area contributed by atoms with Crippen molar-refractivity contribution in [3.8, 4) is 0 Å². The van der Waals surface area contributed by atoms with Gasteiger partial charge < -0.3 is 4.74 Å². The zero-order valence-electron chi connectivity index (χ0n) is 12.7. The molecule has 0 spiro atoms. The van der Waals surface area contributed by atoms with Crippen LogP contribution in [0.2, 0.25) is 0 Å². The van der Waals surface area contributed by atoms with Gasteiger partial charge in [0.2, 0.25) is 0 Å². The summed E-state index contributed by atoms with van der Waals surface area (Å²) in [7, 11) is -3.88. The van der Waals surface area contributed by atoms with Crippen LogP contribution < -0.4 is 0 Å². The molecule has 1 rings (SSSR count). The van der Waals surface area contributed by atoms with Gasteiger partial charge in [0.05, 0.1) is 6.61 Å². The van der Waals surface area contributed by atoms with Crippen molar-refractivity contribution in [1.29, 1.82) is 0 Å². The Hall–Kier alpha value is -1.69. The van der Waals surface area contributed by atoms with Crippen molar-refractivity contribution in [3.63, 3.8) is 0 Å². The van der Waals surface area contributed by atoms with Gasteiger partial charge in [-0.15, -0.1) is 0 Å². The van der Waals surface area contributed by atoms with Crippen molar-refractivity contribution >= 4 is 21.6 Å². The van der Waals surface area contributed by atoms with Crippen molar-refractivity contribution in [2.75, 3.05) is 12.4 Å². The second kappa shape index (κ2) is 6.85. The Morgan fingerprint density at radius 1 is 1.24 bits per heavy atom. The van der Waals surface area contributed by atoms with Gasteiger partial charge in [-0.3, -0.25) is 9.59 Å². The fraction of sp³-hybridized carbons (Fsp3) is 0.467. The maximum Gasteiger partial charge on any atom is 0.321 e. The van der Waals surface area contributed by atoms with Crippen LogP contribution in [0, 0.1) is 13.8 Å². The number of sulfone groups is 1. The van der Waals surface area contributed by atoms with Crippen molar-refractivity contribution in [2.45, 2.75) is 32.9 Å². The Morgan fingerprint density at radius 3 is 2.43 bits per heavy atom. The van der Waals surface area contributed by atoms with Crippen LogP contribution in [-0.2, 0) is 19.4 Å². The summed E-state index contributed by atoms with van der Waals surface area (Å²) in [5.74, 6) is -2.11. The third-order valence-electron chi connectivity index (χ3n) is 3.19. The van der Waals surface area contributed by atoms with E-state index in [0.717, 1.165) is 5.56 Å². The summed E-state index contributed by atoms with van der Waals surface area (Å²) in [6.45, 7) is 6.58. The van der Waals surface area contributed by atoms with E-state index in [1.807, 2.05) is 13.0 Å². The summed E-state index contributed by atoms with van der Waals surface area (Å²) in [5, 5.41) is -1.28. The van der Waals surface area contributed by atoms with Crippen LogP contribution in [-0.4, -0.2) is 37.8 Å². The molecular weight excluding hydrogens is 292 g/mol. The zero-order valence-corrected chi connectivity index (χ0v) is 13.5. The Morgan fingerprint density at radius 2 is 1.86 bits per heavy atom. The highest BCUT2D eigenvalue weighted by atomic mass is 32.2. The van der Waals surface area contributed by atoms with Crippen LogP contribution in [0.25, 0.3) is 0 Å². The zero-order chi connectivity index (χ0) is 16.2. The van der Waals surface area contributed by atoms with Crippen LogP contribution >= 0.6 is 0 Å². The minimum atomic E-state index is -3.88. The first-order chi connectivity index (χ1) is 9.69. The summed E-state index contributed by atoms with van der Waals surface area (Å²) in [5.41, 5.74) is 1.96. The van der Waals surface area contributed by atoms with E-state index >= 15 is 0 Å². The van der Waals surface area contributed by atoms with E-state index in [2.05, 4.69) is 4.74 Å². The van der Waals surface area contributed by atoms with Gasteiger partial charge in [0.15, 0.2) is 15.6 Å². The molecule has 1 unspecified atom stereocenters. The molecule has 5 nitrogen and oxygen atoms in total. The number of ketones is 1. The van der Waals surface area contributed by atoms with Gasteiger partial charge in [-0.2, -0.15) is 0 Å². The molecule has 21 heavy (non-hydrogen) atoms. The van der Waals surface area contributed by atoms with Crippen molar-refractivity contribution in [2.24, 2.45) is 0 Å². The molecule has 0 fully saturated rings. The molecule has 6 heteroatoms. The Kier molecular flexibility index (Phi) is 5.66. The molecule has 0 saturated carbocycles. The summed E-state index contributed by atoms with van der Waals surface area (Å²) < 4.78 is 28.8. The summed E-state index contributed by atoms with van der Waals surface area (Å²) in [6.07, 6.45) is 0. The average molecular weight is 312 g/mol. The highest BCUT2D eigenvalue weighted by molar-refractivity contribution is 7.93. The number of aryl methyl sites for hydroxylation is 2. The number of ether oxygens (including phenoxy) is 1. The molecule has 0 amide bonds. The molecule has 116 valence electrons. The Bertz CT molecular complexity index is 646. The number of esters is 1. The molecule has 1 aromatic rings. The molecule has 0 aromatic heterocycles. The van der Waals surface area contributed by atoms with Gasteiger partial charge in [0, 0.05) is 5.56 Å². The third-order valence-corrected chi connectivity index (χ3v) is 5.12. The third kappa shape index (κ3) is 4.39. The minimum absolute atomic E-state index is 0.105. The van der Waals surface area contributed by atoms with E-state index in [1.54, 1.807) is 26.0 Å². The van der Waals surface area contributed by atoms with Gasteiger partial charge in [-0.1, -0.05) is 17.7 Å². The lowest BCUT2D eigenvalue weighted by molar-refractivity contribution is -0.139. The monoisotopic (exact) mass is 312 g/mol. The van der Waals surface area contributed by atoms with E-state index in [9.17, 15) is 18.0 Å². The second-order valence-corrected chi connectivity index (χ2v) is 7.26. The molecule has 0 saturated heterocycles. The van der Waals surface area contributed by atoms with Crippen LogP contribution in [0.4, 0.5) is 0 Å². The normalized spacial score (nSPS) is 12.8. The summed E-state index contributed by atoms with van der Waals surface area (Å²) in [6, 6.07) is 5.28. The molecule has 0 heterocycles. The number of carbonyl (C=O) groups is 2. The Labute approximate surface area is 125 Å². The van der Waals surface area contributed by atoms with Gasteiger partial charge in [0.1, 0.15) is 11.0 Å². The van der Waals surface area contributed by atoms with E-state index in [1.165, 1.54) is 6.92 Å². The first-order valence-electron chi connectivity index (χ1n) is 6.67. The highest BCUT2D eigenvalue weighted by Gasteiger charge is 2.32. The lowest BCUT2D eigenvalue weighted by Gasteiger charge is -2.13. The highest BCUT2D eigenvalue weighted by Crippen LogP contribution is 2.17. The molecule has 0 aliphatic rings. The van der Waals surface area contributed by atoms with Crippen LogP contribution in [0.15, 0.2) is 18.2 Å². The summed E-state index contributed by atoms with van der Waals surface area (Å²) >= 11 is 0. The predicted octanol–water partition coefficient (Wildman–Crippen LogP) is 1.85. The number of benzene rings is 1. The largest absolute Gasteiger partial charge is 0.465 e. The van der Waals surface area contributed by atoms with Crippen molar-refractivity contribution in [1.82, 2.24) is 0 Å². The van der Waals surface area contributed by atoms with Gasteiger partial charge in [-0.25, -0.2) is 8.42 Å². The first-order valence-corrected chi connectivity index (χ1v) is 8.39. The van der Waals surface area contributed by atoms with E-state index < -0.39 is 32.6 Å². The molecule has 1 aromatic carbocycles. The molecular formula is C15H20O5S. The maximum atomic E-state index is 12.4. The molecule has 1 atom stereocenters. The quantitative estimate of drug-likeness (QED) is 0.592. The maximum absolute atomic E-state index is 12.4. The Balaban J connectivity index is 3.01. The standard InChI is InChI=1S/C15H20O5S/c1-5-20-14(16)9-21(18,19)12(4)15(17)13-8-10(2)6-7-11(13)3/h6-8,12H,5,9H2,1-4H3. The molecule has 0 N–H and O–H groups in total. The van der Waals surface area contributed by atoms with Gasteiger partial charge in [0.25, 0.3) is 0 Å². The number of carbonyl (C=O) groups excluding carboxylic acids is 2. The molecule has 0 aliphatic carbocycles. The smallest absolute Gasteiger partial charge is 0.321 e. The lowest BCUT2D eigenvalue weighted by Crippen LogP contribution is -2.33. The van der Waals surface area contributed by atoms with Gasteiger partial charge in [-0.05, 0) is 39.3 Å². The van der Waals surface area contributed by atoms with E-state index in [4.69, 9.17) is 0 Å². The van der Waals surface area contributed by atoms with Gasteiger partial charge >= 0.3 is 5.97 Å². The number of Topliss-reactive ketones (excluding diaryl/α,β-unsaturated/α-hetero) is 1. The van der Waals surface area contributed by atoms with Crippen molar-refractivity contribution < 1.29 is 22.7 Å². The lowest BCUT2D eigenvalue weighted by atomic mass is 10.0. The fourth-order valence-electron chi connectivity index (χ4n) is 1.88. The molecule has 0 radical (unpaired) electrons. The SMILES string of the molecule is CCOC(=O)CS(=O)(=O)C(C)C(=O)c1cc(C)ccc1C. The van der Waals surface area contributed by atoms with Crippen molar-refractivity contribution in [3.05, 3.63) is 34.9 Å². The predicted molar refractivity (Wildman–Crippen MR) is 80.1 cm³/mol.